The van der Waals surface area contributed by atoms with Gasteiger partial charge >= 0.3 is 0 Å². The quantitative estimate of drug-likeness (QED) is 0.798. The predicted molar refractivity (Wildman–Crippen MR) is 94.9 cm³/mol. The number of phenolic OH excluding ortho intramolecular Hbond substituents is 1. The van der Waals surface area contributed by atoms with Crippen LogP contribution in [0.5, 0.6) is 17.2 Å². The number of aromatic hydroxyl groups is 1. The molecule has 0 aliphatic carbocycles. The smallest absolute Gasteiger partial charge is 0.255 e. The van der Waals surface area contributed by atoms with Gasteiger partial charge < -0.3 is 29.4 Å². The summed E-state index contributed by atoms with van der Waals surface area (Å²) in [6, 6.07) is 9.68. The Hall–Kier alpha value is -2.77. The first kappa shape index (κ1) is 18.0. The highest BCUT2D eigenvalue weighted by Gasteiger charge is 2.19. The Kier molecular flexibility index (Phi) is 5.60. The predicted octanol–water partition coefficient (Wildman–Crippen LogP) is 3.10. The summed E-state index contributed by atoms with van der Waals surface area (Å²) >= 11 is 0. The van der Waals surface area contributed by atoms with Gasteiger partial charge in [0.05, 0.1) is 33.1 Å². The monoisotopic (exact) mass is 359 g/mol. The second-order valence-electron chi connectivity index (χ2n) is 5.73. The zero-order valence-electron chi connectivity index (χ0n) is 14.7. The molecule has 1 aliphatic heterocycles. The Morgan fingerprint density at radius 3 is 2.50 bits per heavy atom. The molecular formula is C19H21NO6. The largest absolute Gasteiger partial charge is 0.506 e. The molecule has 2 N–H and O–H groups in total. The van der Waals surface area contributed by atoms with Gasteiger partial charge in [-0.2, -0.15) is 0 Å². The summed E-state index contributed by atoms with van der Waals surface area (Å²) in [5.41, 5.74) is 1.38. The van der Waals surface area contributed by atoms with Gasteiger partial charge in [-0.1, -0.05) is 6.07 Å². The van der Waals surface area contributed by atoms with Crippen molar-refractivity contribution >= 4 is 11.6 Å². The molecule has 0 bridgehead atoms. The Balaban J connectivity index is 1.80. The maximum atomic E-state index is 12.5. The first-order valence-electron chi connectivity index (χ1n) is 8.22. The lowest BCUT2D eigenvalue weighted by Crippen LogP contribution is -2.18. The van der Waals surface area contributed by atoms with Crippen LogP contribution >= 0.6 is 0 Å². The molecule has 1 amide bonds. The minimum Gasteiger partial charge on any atom is -0.506 e. The second kappa shape index (κ2) is 8.07. The van der Waals surface area contributed by atoms with Gasteiger partial charge in [-0.25, -0.2) is 0 Å². The van der Waals surface area contributed by atoms with Crippen molar-refractivity contribution in [2.75, 3.05) is 32.8 Å². The average Bonchev–Trinajstić information content (AvgIpc) is 2.69. The van der Waals surface area contributed by atoms with Crippen LogP contribution in [0.1, 0.15) is 28.6 Å². The lowest BCUT2D eigenvalue weighted by Gasteiger charge is -2.24. The lowest BCUT2D eigenvalue weighted by molar-refractivity contribution is -0.183. The number of hydrogen-bond acceptors (Lipinski definition) is 6. The van der Waals surface area contributed by atoms with Gasteiger partial charge in [0, 0.05) is 11.1 Å². The summed E-state index contributed by atoms with van der Waals surface area (Å²) in [5, 5.41) is 12.8. The number of anilines is 1. The van der Waals surface area contributed by atoms with E-state index in [9.17, 15) is 9.90 Å². The van der Waals surface area contributed by atoms with Crippen LogP contribution in [0.2, 0.25) is 0 Å². The lowest BCUT2D eigenvalue weighted by atomic mass is 10.1. The van der Waals surface area contributed by atoms with Gasteiger partial charge in [0.2, 0.25) is 0 Å². The van der Waals surface area contributed by atoms with Crippen molar-refractivity contribution < 1.29 is 28.8 Å². The molecular weight excluding hydrogens is 338 g/mol. The Bertz CT molecular complexity index is 786. The normalized spacial score (nSPS) is 14.7. The average molecular weight is 359 g/mol. The van der Waals surface area contributed by atoms with Crippen LogP contribution in [-0.2, 0) is 9.47 Å². The molecule has 2 aromatic rings. The van der Waals surface area contributed by atoms with Crippen LogP contribution in [0, 0.1) is 0 Å². The molecule has 0 saturated carbocycles. The van der Waals surface area contributed by atoms with Crippen LogP contribution in [0.15, 0.2) is 36.4 Å². The zero-order chi connectivity index (χ0) is 18.5. The number of carbonyl (C=O) groups excluding carboxylic acids is 1. The molecule has 1 saturated heterocycles. The second-order valence-corrected chi connectivity index (χ2v) is 5.73. The Morgan fingerprint density at radius 1 is 1.08 bits per heavy atom. The molecule has 1 aliphatic rings. The molecule has 3 rings (SSSR count). The summed E-state index contributed by atoms with van der Waals surface area (Å²) in [6.07, 6.45) is 0.346. The molecule has 138 valence electrons. The van der Waals surface area contributed by atoms with E-state index in [2.05, 4.69) is 5.32 Å². The topological polar surface area (TPSA) is 86.3 Å². The van der Waals surface area contributed by atoms with E-state index in [1.807, 2.05) is 0 Å². The fourth-order valence-electron chi connectivity index (χ4n) is 2.65. The van der Waals surface area contributed by atoms with E-state index in [-0.39, 0.29) is 17.3 Å². The molecule has 7 nitrogen and oxygen atoms in total. The third kappa shape index (κ3) is 3.89. The molecule has 0 aromatic heterocycles. The van der Waals surface area contributed by atoms with Gasteiger partial charge in [-0.05, 0) is 36.8 Å². The molecule has 7 heteroatoms. The van der Waals surface area contributed by atoms with Crippen molar-refractivity contribution in [2.45, 2.75) is 12.7 Å². The van der Waals surface area contributed by atoms with E-state index in [1.54, 1.807) is 30.3 Å². The number of hydrogen-bond donors (Lipinski definition) is 2. The highest BCUT2D eigenvalue weighted by molar-refractivity contribution is 6.05. The number of amides is 1. The number of carbonyl (C=O) groups is 1. The van der Waals surface area contributed by atoms with Crippen molar-refractivity contribution in [1.82, 2.24) is 0 Å². The highest BCUT2D eigenvalue weighted by atomic mass is 16.7. The third-order valence-corrected chi connectivity index (χ3v) is 4.01. The van der Waals surface area contributed by atoms with Crippen LogP contribution in [0.3, 0.4) is 0 Å². The first-order chi connectivity index (χ1) is 12.6. The van der Waals surface area contributed by atoms with Gasteiger partial charge in [0.15, 0.2) is 17.8 Å². The number of ether oxygens (including phenoxy) is 4. The highest BCUT2D eigenvalue weighted by Crippen LogP contribution is 2.32. The number of methoxy groups -OCH3 is 2. The van der Waals surface area contributed by atoms with E-state index in [4.69, 9.17) is 18.9 Å². The van der Waals surface area contributed by atoms with Gasteiger partial charge in [-0.3, -0.25) is 4.79 Å². The number of phenols is 1. The zero-order valence-corrected chi connectivity index (χ0v) is 14.7. The van der Waals surface area contributed by atoms with Crippen molar-refractivity contribution in [3.63, 3.8) is 0 Å². The molecule has 0 spiro atoms. The third-order valence-electron chi connectivity index (χ3n) is 4.01. The number of benzene rings is 2. The minimum absolute atomic E-state index is 0.0432. The van der Waals surface area contributed by atoms with Gasteiger partial charge in [-0.15, -0.1) is 0 Å². The van der Waals surface area contributed by atoms with Crippen molar-refractivity contribution in [2.24, 2.45) is 0 Å². The number of nitrogens with one attached hydrogen (secondary N) is 1. The van der Waals surface area contributed by atoms with E-state index in [0.717, 1.165) is 12.0 Å². The SMILES string of the molecule is COc1ccc(C(=O)Nc2cc(C3OCCCO3)ccc2O)cc1OC. The molecule has 26 heavy (non-hydrogen) atoms. The van der Waals surface area contributed by atoms with E-state index < -0.39 is 6.29 Å². The maximum absolute atomic E-state index is 12.5. The van der Waals surface area contributed by atoms with Crippen molar-refractivity contribution in [3.05, 3.63) is 47.5 Å². The molecule has 0 radical (unpaired) electrons. The summed E-state index contributed by atoms with van der Waals surface area (Å²) in [5.74, 6) is 0.546. The van der Waals surface area contributed by atoms with Crippen molar-refractivity contribution in [1.29, 1.82) is 0 Å². The summed E-state index contributed by atoms with van der Waals surface area (Å²) in [6.45, 7) is 1.22. The Morgan fingerprint density at radius 2 is 1.81 bits per heavy atom. The molecule has 1 heterocycles. The summed E-state index contributed by atoms with van der Waals surface area (Å²) in [7, 11) is 3.02. The first-order valence-corrected chi connectivity index (χ1v) is 8.22. The van der Waals surface area contributed by atoms with Gasteiger partial charge in [0.25, 0.3) is 5.91 Å². The maximum Gasteiger partial charge on any atom is 0.255 e. The van der Waals surface area contributed by atoms with E-state index >= 15 is 0 Å². The van der Waals surface area contributed by atoms with Crippen LogP contribution < -0.4 is 14.8 Å². The standard InChI is InChI=1S/C19H21NO6/c1-23-16-7-5-12(11-17(16)24-2)18(22)20-14-10-13(4-6-15(14)21)19-25-8-3-9-26-19/h4-7,10-11,19,21H,3,8-9H2,1-2H3,(H,20,22). The van der Waals surface area contributed by atoms with Crippen LogP contribution in [-0.4, -0.2) is 38.4 Å². The number of rotatable bonds is 5. The summed E-state index contributed by atoms with van der Waals surface area (Å²) < 4.78 is 21.5. The Labute approximate surface area is 151 Å². The fraction of sp³-hybridized carbons (Fsp3) is 0.316. The molecule has 0 unspecified atom stereocenters. The van der Waals surface area contributed by atoms with Gasteiger partial charge in [0.1, 0.15) is 5.75 Å². The molecule has 1 fully saturated rings. The van der Waals surface area contributed by atoms with Crippen LogP contribution in [0.25, 0.3) is 0 Å². The van der Waals surface area contributed by atoms with Crippen LogP contribution in [0.4, 0.5) is 5.69 Å². The van der Waals surface area contributed by atoms with E-state index in [1.165, 1.54) is 20.3 Å². The summed E-state index contributed by atoms with van der Waals surface area (Å²) in [4.78, 5) is 12.5. The molecule has 0 atom stereocenters. The fourth-order valence-corrected chi connectivity index (χ4v) is 2.65. The van der Waals surface area contributed by atoms with E-state index in [0.29, 0.717) is 30.3 Å². The molecule has 2 aromatic carbocycles. The minimum atomic E-state index is -0.499. The van der Waals surface area contributed by atoms with Crippen molar-refractivity contribution in [3.8, 4) is 17.2 Å².